The lowest BCUT2D eigenvalue weighted by atomic mass is 9.97. The molecule has 30 heavy (non-hydrogen) atoms. The van der Waals surface area contributed by atoms with E-state index in [1.165, 1.54) is 27.6 Å². The lowest BCUT2D eigenvalue weighted by Gasteiger charge is -2.30. The molecule has 8 heteroatoms. The number of hydrogen-bond donors (Lipinski definition) is 1. The molecule has 0 bridgehead atoms. The van der Waals surface area contributed by atoms with Crippen molar-refractivity contribution in [3.05, 3.63) is 64.7 Å². The molecule has 0 aliphatic carbocycles. The zero-order valence-corrected chi connectivity index (χ0v) is 19.4. The smallest absolute Gasteiger partial charge is 0.243 e. The highest BCUT2D eigenvalue weighted by Crippen LogP contribution is 2.25. The van der Waals surface area contributed by atoms with Crippen LogP contribution in [0, 0.1) is 12.8 Å². The standard InChI is InChI=1S/C22H27ClN2O3S2/c1-17-4-2-3-5-19(17)16-29-15-12-24-22(26)18-10-13-25(14-11-18)30(27,28)21-8-6-20(23)7-9-21/h2-9,18H,10-16H2,1H3,(H,24,26). The molecule has 2 aromatic carbocycles. The van der Waals surface area contributed by atoms with Crippen molar-refractivity contribution in [2.24, 2.45) is 5.92 Å². The number of nitrogens with one attached hydrogen (secondary N) is 1. The summed E-state index contributed by atoms with van der Waals surface area (Å²) in [5, 5.41) is 3.50. The van der Waals surface area contributed by atoms with E-state index in [1.54, 1.807) is 23.9 Å². The summed E-state index contributed by atoms with van der Waals surface area (Å²) < 4.78 is 26.9. The zero-order valence-electron chi connectivity index (χ0n) is 17.0. The molecule has 0 unspecified atom stereocenters. The Morgan fingerprint density at radius 2 is 1.80 bits per heavy atom. The van der Waals surface area contributed by atoms with Crippen LogP contribution in [0.5, 0.6) is 0 Å². The second kappa shape index (κ2) is 10.7. The van der Waals surface area contributed by atoms with Crippen LogP contribution in [-0.4, -0.2) is 44.0 Å². The summed E-state index contributed by atoms with van der Waals surface area (Å²) in [6.45, 7) is 3.44. The highest BCUT2D eigenvalue weighted by Gasteiger charge is 2.31. The van der Waals surface area contributed by atoms with Crippen molar-refractivity contribution in [2.75, 3.05) is 25.4 Å². The average molecular weight is 467 g/mol. The van der Waals surface area contributed by atoms with Gasteiger partial charge in [-0.05, 0) is 55.2 Å². The molecular weight excluding hydrogens is 440 g/mol. The number of nitrogens with zero attached hydrogens (tertiary/aromatic N) is 1. The van der Waals surface area contributed by atoms with Crippen molar-refractivity contribution in [2.45, 2.75) is 30.4 Å². The normalized spacial score (nSPS) is 15.8. The summed E-state index contributed by atoms with van der Waals surface area (Å²) in [5.41, 5.74) is 2.61. The number of piperidine rings is 1. The number of carbonyl (C=O) groups excluding carboxylic acids is 1. The summed E-state index contributed by atoms with van der Waals surface area (Å²) in [7, 11) is -3.54. The van der Waals surface area contributed by atoms with Crippen LogP contribution >= 0.6 is 23.4 Å². The maximum atomic E-state index is 12.7. The Morgan fingerprint density at radius 1 is 1.13 bits per heavy atom. The number of aryl methyl sites for hydroxylation is 1. The van der Waals surface area contributed by atoms with Crippen molar-refractivity contribution in [1.82, 2.24) is 9.62 Å². The molecule has 1 saturated heterocycles. The largest absolute Gasteiger partial charge is 0.355 e. The fourth-order valence-corrected chi connectivity index (χ4v) is 5.99. The Kier molecular flexibility index (Phi) is 8.22. The van der Waals surface area contributed by atoms with E-state index in [2.05, 4.69) is 24.4 Å². The van der Waals surface area contributed by atoms with Crippen molar-refractivity contribution >= 4 is 39.3 Å². The summed E-state index contributed by atoms with van der Waals surface area (Å²) >= 11 is 7.65. The first-order valence-electron chi connectivity index (χ1n) is 10.0. The lowest BCUT2D eigenvalue weighted by molar-refractivity contribution is -0.125. The maximum absolute atomic E-state index is 12.7. The Labute approximate surface area is 188 Å². The Morgan fingerprint density at radius 3 is 2.47 bits per heavy atom. The molecule has 1 aliphatic heterocycles. The molecule has 3 rings (SSSR count). The third kappa shape index (κ3) is 6.00. The van der Waals surface area contributed by atoms with Crippen LogP contribution in [0.4, 0.5) is 0 Å². The minimum Gasteiger partial charge on any atom is -0.355 e. The topological polar surface area (TPSA) is 66.5 Å². The van der Waals surface area contributed by atoms with E-state index < -0.39 is 10.0 Å². The maximum Gasteiger partial charge on any atom is 0.243 e. The van der Waals surface area contributed by atoms with Crippen LogP contribution in [-0.2, 0) is 20.6 Å². The van der Waals surface area contributed by atoms with Gasteiger partial charge in [-0.3, -0.25) is 4.79 Å². The molecule has 2 aromatic rings. The summed E-state index contributed by atoms with van der Waals surface area (Å²) in [6, 6.07) is 14.5. The van der Waals surface area contributed by atoms with Crippen LogP contribution in [0.15, 0.2) is 53.4 Å². The highest BCUT2D eigenvalue weighted by atomic mass is 35.5. The first-order chi connectivity index (χ1) is 14.4. The van der Waals surface area contributed by atoms with Gasteiger partial charge in [0.2, 0.25) is 15.9 Å². The van der Waals surface area contributed by atoms with Gasteiger partial charge in [0.25, 0.3) is 0 Å². The van der Waals surface area contributed by atoms with Gasteiger partial charge in [0, 0.05) is 42.1 Å². The SMILES string of the molecule is Cc1ccccc1CSCCNC(=O)C1CCN(S(=O)(=O)c2ccc(Cl)cc2)CC1. The fraction of sp³-hybridized carbons (Fsp3) is 0.409. The minimum atomic E-state index is -3.54. The molecule has 0 saturated carbocycles. The van der Waals surface area contributed by atoms with E-state index in [9.17, 15) is 13.2 Å². The number of sulfonamides is 1. The van der Waals surface area contributed by atoms with Crippen molar-refractivity contribution < 1.29 is 13.2 Å². The molecule has 1 N–H and O–H groups in total. The van der Waals surface area contributed by atoms with Gasteiger partial charge < -0.3 is 5.32 Å². The van der Waals surface area contributed by atoms with Gasteiger partial charge in [-0.15, -0.1) is 0 Å². The zero-order chi connectivity index (χ0) is 21.6. The van der Waals surface area contributed by atoms with E-state index >= 15 is 0 Å². The Balaban J connectivity index is 1.40. The molecule has 0 radical (unpaired) electrons. The average Bonchev–Trinajstić information content (AvgIpc) is 2.75. The van der Waals surface area contributed by atoms with Gasteiger partial charge in [-0.1, -0.05) is 35.9 Å². The van der Waals surface area contributed by atoms with Gasteiger partial charge in [-0.25, -0.2) is 8.42 Å². The van der Waals surface area contributed by atoms with Gasteiger partial charge in [0.1, 0.15) is 0 Å². The first kappa shape index (κ1) is 23.1. The van der Waals surface area contributed by atoms with Gasteiger partial charge in [-0.2, -0.15) is 16.1 Å². The van der Waals surface area contributed by atoms with Crippen LogP contribution in [0.25, 0.3) is 0 Å². The summed E-state index contributed by atoms with van der Waals surface area (Å²) in [4.78, 5) is 12.7. The molecular formula is C22H27ClN2O3S2. The van der Waals surface area contributed by atoms with Gasteiger partial charge in [0.05, 0.1) is 4.90 Å². The number of rotatable bonds is 8. The first-order valence-corrected chi connectivity index (χ1v) is 13.0. The number of hydrogen-bond acceptors (Lipinski definition) is 4. The van der Waals surface area contributed by atoms with Crippen LogP contribution in [0.3, 0.4) is 0 Å². The van der Waals surface area contributed by atoms with Gasteiger partial charge in [0.15, 0.2) is 0 Å². The number of benzene rings is 2. The fourth-order valence-electron chi connectivity index (χ4n) is 3.46. The van der Waals surface area contributed by atoms with Crippen LogP contribution in [0.1, 0.15) is 24.0 Å². The van der Waals surface area contributed by atoms with Crippen molar-refractivity contribution in [1.29, 1.82) is 0 Å². The third-order valence-corrected chi connectivity index (χ3v) is 8.51. The molecule has 1 amide bonds. The monoisotopic (exact) mass is 466 g/mol. The Hall–Kier alpha value is -1.54. The van der Waals surface area contributed by atoms with Crippen LogP contribution < -0.4 is 5.32 Å². The number of halogens is 1. The third-order valence-electron chi connectivity index (χ3n) is 5.34. The van der Waals surface area contributed by atoms with E-state index in [-0.39, 0.29) is 16.7 Å². The molecule has 0 aromatic heterocycles. The van der Waals surface area contributed by atoms with E-state index in [0.717, 1.165) is 11.5 Å². The second-order valence-corrected chi connectivity index (χ2v) is 10.9. The summed E-state index contributed by atoms with van der Waals surface area (Å²) in [5.74, 6) is 1.67. The molecule has 5 nitrogen and oxygen atoms in total. The molecule has 162 valence electrons. The predicted molar refractivity (Wildman–Crippen MR) is 123 cm³/mol. The minimum absolute atomic E-state index is 0.0232. The van der Waals surface area contributed by atoms with Crippen LogP contribution in [0.2, 0.25) is 5.02 Å². The molecule has 1 aliphatic rings. The number of amides is 1. The van der Waals surface area contributed by atoms with E-state index in [4.69, 9.17) is 11.6 Å². The summed E-state index contributed by atoms with van der Waals surface area (Å²) in [6.07, 6.45) is 1.07. The number of carbonyl (C=O) groups is 1. The molecule has 1 fully saturated rings. The predicted octanol–water partition coefficient (Wildman–Crippen LogP) is 4.10. The van der Waals surface area contributed by atoms with Crippen molar-refractivity contribution in [3.63, 3.8) is 0 Å². The quantitative estimate of drug-likeness (QED) is 0.595. The molecule has 0 spiro atoms. The van der Waals surface area contributed by atoms with E-state index in [1.807, 2.05) is 12.1 Å². The molecule has 1 heterocycles. The molecule has 0 atom stereocenters. The number of thioether (sulfide) groups is 1. The lowest BCUT2D eigenvalue weighted by Crippen LogP contribution is -2.43. The van der Waals surface area contributed by atoms with E-state index in [0.29, 0.717) is 37.5 Å². The second-order valence-electron chi connectivity index (χ2n) is 7.40. The van der Waals surface area contributed by atoms with Gasteiger partial charge >= 0.3 is 0 Å². The Bertz CT molecular complexity index is 957. The highest BCUT2D eigenvalue weighted by molar-refractivity contribution is 7.98. The van der Waals surface area contributed by atoms with Crippen molar-refractivity contribution in [3.8, 4) is 0 Å².